The van der Waals surface area contributed by atoms with Crippen LogP contribution in [0.1, 0.15) is 41.3 Å². The van der Waals surface area contributed by atoms with Crippen molar-refractivity contribution in [3.05, 3.63) is 93.9 Å². The zero-order chi connectivity index (χ0) is 23.1. The van der Waals surface area contributed by atoms with E-state index in [1.54, 1.807) is 0 Å². The van der Waals surface area contributed by atoms with Gasteiger partial charge in [-0.2, -0.15) is 13.2 Å². The van der Waals surface area contributed by atoms with Gasteiger partial charge < -0.3 is 9.88 Å². The van der Waals surface area contributed by atoms with E-state index in [1.807, 2.05) is 37.3 Å². The number of aromatic nitrogens is 1. The molecule has 3 aromatic rings. The molecule has 0 radical (unpaired) electrons. The number of carbonyl (C=O) groups is 1. The van der Waals surface area contributed by atoms with Gasteiger partial charge in [0.15, 0.2) is 0 Å². The third-order valence-corrected chi connectivity index (χ3v) is 5.17. The molecule has 0 aliphatic heterocycles. The van der Waals surface area contributed by atoms with E-state index in [1.165, 1.54) is 35.0 Å². The predicted octanol–water partition coefficient (Wildman–Crippen LogP) is 5.31. The number of carbonyl (C=O) groups excluding carboxylic acids is 1. The van der Waals surface area contributed by atoms with E-state index in [2.05, 4.69) is 5.32 Å². The highest BCUT2D eigenvalue weighted by atomic mass is 19.4. The Labute approximate surface area is 184 Å². The van der Waals surface area contributed by atoms with E-state index in [4.69, 9.17) is 0 Å². The molecule has 168 valence electrons. The van der Waals surface area contributed by atoms with Crippen molar-refractivity contribution in [3.63, 3.8) is 0 Å². The lowest BCUT2D eigenvalue weighted by atomic mass is 9.99. The standard InChI is InChI=1S/C25H25F3N2O2/c1-2-3-15-30-17-19(20-11-7-8-12-22(20)25(26,27)28)16-21(24(30)32)23(31)29-14-13-18-9-5-4-6-10-18/h4-12,16-17H,2-3,13-15H2,1H3,(H,29,31). The molecule has 0 saturated carbocycles. The monoisotopic (exact) mass is 442 g/mol. The minimum atomic E-state index is -4.56. The van der Waals surface area contributed by atoms with Crippen molar-refractivity contribution in [1.82, 2.24) is 9.88 Å². The summed E-state index contributed by atoms with van der Waals surface area (Å²) in [5.41, 5.74) is -0.338. The van der Waals surface area contributed by atoms with E-state index in [-0.39, 0.29) is 16.7 Å². The molecule has 0 atom stereocenters. The van der Waals surface area contributed by atoms with Crippen molar-refractivity contribution in [2.45, 2.75) is 38.9 Å². The zero-order valence-electron chi connectivity index (χ0n) is 17.8. The fraction of sp³-hybridized carbons (Fsp3) is 0.280. The van der Waals surface area contributed by atoms with Crippen LogP contribution in [0.4, 0.5) is 13.2 Å². The third-order valence-electron chi connectivity index (χ3n) is 5.17. The SMILES string of the molecule is CCCCn1cc(-c2ccccc2C(F)(F)F)cc(C(=O)NCCc2ccccc2)c1=O. The Bertz CT molecular complexity index is 1120. The first-order valence-corrected chi connectivity index (χ1v) is 10.5. The molecule has 0 bridgehead atoms. The maximum absolute atomic E-state index is 13.6. The largest absolute Gasteiger partial charge is 0.417 e. The van der Waals surface area contributed by atoms with Crippen LogP contribution in [0.3, 0.4) is 0 Å². The summed E-state index contributed by atoms with van der Waals surface area (Å²) in [7, 11) is 0. The van der Waals surface area contributed by atoms with Gasteiger partial charge in [-0.1, -0.05) is 61.9 Å². The van der Waals surface area contributed by atoms with Gasteiger partial charge in [0.25, 0.3) is 11.5 Å². The second-order valence-electron chi connectivity index (χ2n) is 7.53. The number of unbranched alkanes of at least 4 members (excludes halogenated alkanes) is 1. The summed E-state index contributed by atoms with van der Waals surface area (Å²) in [6, 6.07) is 16.0. The molecule has 1 aromatic heterocycles. The molecule has 7 heteroatoms. The first-order valence-electron chi connectivity index (χ1n) is 10.5. The van der Waals surface area contributed by atoms with Crippen LogP contribution >= 0.6 is 0 Å². The minimum Gasteiger partial charge on any atom is -0.352 e. The Kier molecular flexibility index (Phi) is 7.51. The Morgan fingerprint density at radius 1 is 1.03 bits per heavy atom. The van der Waals surface area contributed by atoms with Gasteiger partial charge in [-0.05, 0) is 41.7 Å². The number of rotatable bonds is 8. The molecule has 0 unspecified atom stereocenters. The summed E-state index contributed by atoms with van der Waals surface area (Å²) >= 11 is 0. The highest BCUT2D eigenvalue weighted by Crippen LogP contribution is 2.36. The summed E-state index contributed by atoms with van der Waals surface area (Å²) in [6.07, 6.45) is -1.11. The van der Waals surface area contributed by atoms with Crippen LogP contribution < -0.4 is 10.9 Å². The lowest BCUT2D eigenvalue weighted by Gasteiger charge is -2.16. The minimum absolute atomic E-state index is 0.0661. The van der Waals surface area contributed by atoms with Crippen LogP contribution in [0, 0.1) is 0 Å². The van der Waals surface area contributed by atoms with E-state index >= 15 is 0 Å². The summed E-state index contributed by atoms with van der Waals surface area (Å²) in [5.74, 6) is -0.595. The van der Waals surface area contributed by atoms with Crippen molar-refractivity contribution >= 4 is 5.91 Å². The molecule has 0 saturated heterocycles. The lowest BCUT2D eigenvalue weighted by Crippen LogP contribution is -2.34. The number of nitrogens with zero attached hydrogens (tertiary/aromatic N) is 1. The molecular weight excluding hydrogens is 417 g/mol. The van der Waals surface area contributed by atoms with Crippen LogP contribution in [0.25, 0.3) is 11.1 Å². The molecule has 2 aromatic carbocycles. The van der Waals surface area contributed by atoms with Gasteiger partial charge in [0.1, 0.15) is 5.56 Å². The molecule has 1 N–H and O–H groups in total. The highest BCUT2D eigenvalue weighted by Gasteiger charge is 2.33. The Morgan fingerprint density at radius 2 is 1.72 bits per heavy atom. The number of alkyl halides is 3. The van der Waals surface area contributed by atoms with Gasteiger partial charge in [0.2, 0.25) is 0 Å². The highest BCUT2D eigenvalue weighted by molar-refractivity contribution is 5.95. The quantitative estimate of drug-likeness (QED) is 0.514. The number of aryl methyl sites for hydroxylation is 1. The van der Waals surface area contributed by atoms with Crippen LogP contribution in [-0.2, 0) is 19.1 Å². The second kappa shape index (κ2) is 10.3. The normalized spacial score (nSPS) is 11.4. The van der Waals surface area contributed by atoms with Gasteiger partial charge in [-0.3, -0.25) is 9.59 Å². The molecule has 1 amide bonds. The Morgan fingerprint density at radius 3 is 2.41 bits per heavy atom. The zero-order valence-corrected chi connectivity index (χ0v) is 17.8. The average molecular weight is 442 g/mol. The lowest BCUT2D eigenvalue weighted by molar-refractivity contribution is -0.137. The average Bonchev–Trinajstić information content (AvgIpc) is 2.78. The van der Waals surface area contributed by atoms with Gasteiger partial charge in [-0.15, -0.1) is 0 Å². The number of nitrogens with one attached hydrogen (secondary N) is 1. The smallest absolute Gasteiger partial charge is 0.352 e. The van der Waals surface area contributed by atoms with E-state index < -0.39 is 23.2 Å². The molecular formula is C25H25F3N2O2. The van der Waals surface area contributed by atoms with Crippen LogP contribution in [0.5, 0.6) is 0 Å². The Balaban J connectivity index is 1.96. The molecule has 0 aliphatic carbocycles. The van der Waals surface area contributed by atoms with Crippen molar-refractivity contribution in [2.24, 2.45) is 0 Å². The van der Waals surface area contributed by atoms with Crippen molar-refractivity contribution in [3.8, 4) is 11.1 Å². The molecule has 32 heavy (non-hydrogen) atoms. The number of hydrogen-bond acceptors (Lipinski definition) is 2. The third kappa shape index (κ3) is 5.66. The van der Waals surface area contributed by atoms with E-state index in [0.717, 1.165) is 18.1 Å². The number of benzene rings is 2. The van der Waals surface area contributed by atoms with E-state index in [9.17, 15) is 22.8 Å². The van der Waals surface area contributed by atoms with Gasteiger partial charge in [-0.25, -0.2) is 0 Å². The summed E-state index contributed by atoms with van der Waals surface area (Å²) in [6.45, 7) is 2.58. The number of pyridine rings is 1. The van der Waals surface area contributed by atoms with Crippen molar-refractivity contribution in [1.29, 1.82) is 0 Å². The molecule has 4 nitrogen and oxygen atoms in total. The van der Waals surface area contributed by atoms with Crippen LogP contribution in [0.2, 0.25) is 0 Å². The van der Waals surface area contributed by atoms with E-state index in [0.29, 0.717) is 25.9 Å². The number of hydrogen-bond donors (Lipinski definition) is 1. The maximum atomic E-state index is 13.6. The molecule has 0 spiro atoms. The predicted molar refractivity (Wildman–Crippen MR) is 119 cm³/mol. The summed E-state index contributed by atoms with van der Waals surface area (Å²) in [4.78, 5) is 25.7. The maximum Gasteiger partial charge on any atom is 0.417 e. The number of halogens is 3. The van der Waals surface area contributed by atoms with Crippen molar-refractivity contribution < 1.29 is 18.0 Å². The summed E-state index contributed by atoms with van der Waals surface area (Å²) in [5, 5.41) is 2.72. The molecule has 0 fully saturated rings. The van der Waals surface area contributed by atoms with Gasteiger partial charge >= 0.3 is 6.18 Å². The second-order valence-corrected chi connectivity index (χ2v) is 7.53. The van der Waals surface area contributed by atoms with Gasteiger partial charge in [0, 0.05) is 19.3 Å². The topological polar surface area (TPSA) is 51.1 Å². The van der Waals surface area contributed by atoms with Crippen LogP contribution in [0.15, 0.2) is 71.7 Å². The fourth-order valence-electron chi connectivity index (χ4n) is 3.48. The van der Waals surface area contributed by atoms with Crippen molar-refractivity contribution in [2.75, 3.05) is 6.54 Å². The molecule has 0 aliphatic rings. The summed E-state index contributed by atoms with van der Waals surface area (Å²) < 4.78 is 42.0. The molecule has 3 rings (SSSR count). The fourth-order valence-corrected chi connectivity index (χ4v) is 3.48. The number of amides is 1. The van der Waals surface area contributed by atoms with Gasteiger partial charge in [0.05, 0.1) is 5.56 Å². The Hall–Kier alpha value is -3.35. The van der Waals surface area contributed by atoms with Crippen LogP contribution in [-0.4, -0.2) is 17.0 Å². The first kappa shape index (κ1) is 23.3. The first-order chi connectivity index (χ1) is 15.3. The molecule has 1 heterocycles.